The van der Waals surface area contributed by atoms with Crippen LogP contribution in [0.4, 0.5) is 11.6 Å². The second-order valence-corrected chi connectivity index (χ2v) is 8.87. The van der Waals surface area contributed by atoms with Gasteiger partial charge in [0.05, 0.1) is 9.82 Å². The van der Waals surface area contributed by atoms with Gasteiger partial charge in [0, 0.05) is 32.4 Å². The highest BCUT2D eigenvalue weighted by atomic mass is 32.2. The first-order valence-corrected chi connectivity index (χ1v) is 11.5. The molecule has 2 heterocycles. The second kappa shape index (κ2) is 9.46. The predicted octanol–water partition coefficient (Wildman–Crippen LogP) is 3.30. The largest absolute Gasteiger partial charge is 0.486 e. The molecular weight excluding hydrogens is 454 g/mol. The maximum atomic E-state index is 13.5. The summed E-state index contributed by atoms with van der Waals surface area (Å²) < 4.78 is 48.6. The summed E-state index contributed by atoms with van der Waals surface area (Å²) in [6.07, 6.45) is 0.571. The van der Waals surface area contributed by atoms with Crippen LogP contribution in [-0.4, -0.2) is 51.8 Å². The number of nitro groups is 1. The number of benzene rings is 2. The molecule has 33 heavy (non-hydrogen) atoms. The fraction of sp³-hybridized carbons (Fsp3) is 0.286. The summed E-state index contributed by atoms with van der Waals surface area (Å²) in [5, 5.41) is 14.0. The third-order valence-corrected chi connectivity index (χ3v) is 6.48. The highest BCUT2D eigenvalue weighted by Gasteiger charge is 2.31. The number of ether oxygens (including phenoxy) is 3. The Morgan fingerprint density at radius 3 is 2.67 bits per heavy atom. The molecule has 3 aromatic rings. The number of oxazole rings is 1. The third kappa shape index (κ3) is 4.61. The first-order chi connectivity index (χ1) is 15.9. The van der Waals surface area contributed by atoms with Gasteiger partial charge in [-0.15, -0.1) is 0 Å². The number of hydrogen-bond donors (Lipinski definition) is 1. The molecule has 0 fully saturated rings. The van der Waals surface area contributed by atoms with Crippen LogP contribution in [0, 0.1) is 10.1 Å². The van der Waals surface area contributed by atoms with Crippen LogP contribution in [0.1, 0.15) is 6.42 Å². The number of nitro benzene ring substituents is 1. The molecule has 12 heteroatoms. The van der Waals surface area contributed by atoms with Gasteiger partial charge in [0.2, 0.25) is 26.6 Å². The molecule has 0 unspecified atom stereocenters. The second-order valence-electron chi connectivity index (χ2n) is 7.01. The summed E-state index contributed by atoms with van der Waals surface area (Å²) in [6, 6.07) is 10.1. The SMILES string of the molecule is COCCCNc1oc(-c2ccccc2[N+](=O)[O-])nc1S(=O)(=O)c1ccc2c(c1)OCCO2. The number of methoxy groups -OCH3 is 1. The number of nitrogens with one attached hydrogen (secondary N) is 1. The Morgan fingerprint density at radius 1 is 1.15 bits per heavy atom. The monoisotopic (exact) mass is 475 g/mol. The van der Waals surface area contributed by atoms with E-state index in [0.717, 1.165) is 0 Å². The summed E-state index contributed by atoms with van der Waals surface area (Å²) in [7, 11) is -2.62. The van der Waals surface area contributed by atoms with Crippen molar-refractivity contribution < 1.29 is 32.0 Å². The molecule has 0 spiro atoms. The Balaban J connectivity index is 1.78. The zero-order valence-corrected chi connectivity index (χ0v) is 18.5. The summed E-state index contributed by atoms with van der Waals surface area (Å²) in [4.78, 5) is 14.9. The minimum Gasteiger partial charge on any atom is -0.486 e. The van der Waals surface area contributed by atoms with E-state index >= 15 is 0 Å². The van der Waals surface area contributed by atoms with Gasteiger partial charge in [-0.1, -0.05) is 12.1 Å². The predicted molar refractivity (Wildman–Crippen MR) is 116 cm³/mol. The first kappa shape index (κ1) is 22.6. The molecule has 1 aliphatic rings. The molecule has 11 nitrogen and oxygen atoms in total. The van der Waals surface area contributed by atoms with Crippen LogP contribution in [0.2, 0.25) is 0 Å². The van der Waals surface area contributed by atoms with Gasteiger partial charge >= 0.3 is 0 Å². The van der Waals surface area contributed by atoms with Gasteiger partial charge in [-0.05, 0) is 24.6 Å². The standard InChI is InChI=1S/C21H21N3O8S/c1-29-10-4-9-22-20-21(23-19(32-20)15-5-2-3-6-16(15)24(25)26)33(27,28)14-7-8-17-18(13-14)31-12-11-30-17/h2-3,5-8,13,22H,4,9-12H2,1H3. The van der Waals surface area contributed by atoms with Gasteiger partial charge in [-0.3, -0.25) is 10.1 Å². The lowest BCUT2D eigenvalue weighted by Crippen LogP contribution is -2.16. The molecule has 2 aromatic carbocycles. The molecule has 0 saturated carbocycles. The number of rotatable bonds is 9. The minimum absolute atomic E-state index is 0.0612. The molecule has 0 bridgehead atoms. The van der Waals surface area contributed by atoms with Gasteiger partial charge in [-0.25, -0.2) is 8.42 Å². The summed E-state index contributed by atoms with van der Waals surface area (Å²) in [6.45, 7) is 1.46. The Labute approximate surface area is 189 Å². The van der Waals surface area contributed by atoms with Crippen molar-refractivity contribution in [2.45, 2.75) is 16.3 Å². The van der Waals surface area contributed by atoms with E-state index in [-0.39, 0.29) is 32.9 Å². The average Bonchev–Trinajstić information content (AvgIpc) is 3.26. The van der Waals surface area contributed by atoms with Crippen LogP contribution < -0.4 is 14.8 Å². The van der Waals surface area contributed by atoms with Crippen molar-refractivity contribution in [3.8, 4) is 23.0 Å². The molecule has 0 atom stereocenters. The number of anilines is 1. The zero-order chi connectivity index (χ0) is 23.4. The van der Waals surface area contributed by atoms with Crippen LogP contribution >= 0.6 is 0 Å². The molecule has 0 amide bonds. The van der Waals surface area contributed by atoms with E-state index in [0.29, 0.717) is 44.3 Å². The van der Waals surface area contributed by atoms with E-state index in [1.807, 2.05) is 0 Å². The van der Waals surface area contributed by atoms with Crippen LogP contribution in [0.25, 0.3) is 11.5 Å². The van der Waals surface area contributed by atoms with Gasteiger partial charge < -0.3 is 23.9 Å². The number of fused-ring (bicyclic) bond motifs is 1. The normalized spacial score (nSPS) is 13.0. The Hall–Kier alpha value is -3.64. The quantitative estimate of drug-likeness (QED) is 0.278. The lowest BCUT2D eigenvalue weighted by atomic mass is 10.2. The lowest BCUT2D eigenvalue weighted by Gasteiger charge is -2.18. The number of nitrogens with zero attached hydrogens (tertiary/aromatic N) is 2. The van der Waals surface area contributed by atoms with E-state index in [9.17, 15) is 18.5 Å². The highest BCUT2D eigenvalue weighted by molar-refractivity contribution is 7.91. The molecule has 0 saturated heterocycles. The van der Waals surface area contributed by atoms with E-state index in [1.54, 1.807) is 13.2 Å². The van der Waals surface area contributed by atoms with Gasteiger partial charge in [0.25, 0.3) is 5.69 Å². The van der Waals surface area contributed by atoms with E-state index in [4.69, 9.17) is 18.6 Å². The van der Waals surface area contributed by atoms with Crippen molar-refractivity contribution in [2.75, 3.05) is 38.8 Å². The summed E-state index contributed by atoms with van der Waals surface area (Å²) in [5.41, 5.74) is -0.195. The van der Waals surface area contributed by atoms with Crippen LogP contribution in [0.5, 0.6) is 11.5 Å². The van der Waals surface area contributed by atoms with Crippen LogP contribution in [-0.2, 0) is 14.6 Å². The van der Waals surface area contributed by atoms with Crippen LogP contribution in [0.15, 0.2) is 56.8 Å². The number of sulfone groups is 1. The molecular formula is C21H21N3O8S. The molecule has 1 N–H and O–H groups in total. The lowest BCUT2D eigenvalue weighted by molar-refractivity contribution is -0.384. The van der Waals surface area contributed by atoms with Crippen molar-refractivity contribution in [3.63, 3.8) is 0 Å². The number of hydrogen-bond acceptors (Lipinski definition) is 10. The molecule has 0 radical (unpaired) electrons. The van der Waals surface area contributed by atoms with Crippen molar-refractivity contribution in [3.05, 3.63) is 52.6 Å². The first-order valence-electron chi connectivity index (χ1n) is 10.0. The van der Waals surface area contributed by atoms with Gasteiger partial charge in [0.15, 0.2) is 11.5 Å². The van der Waals surface area contributed by atoms with Crippen LogP contribution in [0.3, 0.4) is 0 Å². The molecule has 4 rings (SSSR count). The highest BCUT2D eigenvalue weighted by Crippen LogP contribution is 2.38. The molecule has 174 valence electrons. The summed E-state index contributed by atoms with van der Waals surface area (Å²) in [5.74, 6) is 0.444. The average molecular weight is 475 g/mol. The maximum Gasteiger partial charge on any atom is 0.282 e. The van der Waals surface area contributed by atoms with E-state index < -0.39 is 14.8 Å². The zero-order valence-electron chi connectivity index (χ0n) is 17.6. The maximum absolute atomic E-state index is 13.5. The minimum atomic E-state index is -4.17. The summed E-state index contributed by atoms with van der Waals surface area (Å²) >= 11 is 0. The van der Waals surface area contributed by atoms with Crippen molar-refractivity contribution in [1.82, 2.24) is 4.98 Å². The Morgan fingerprint density at radius 2 is 1.91 bits per heavy atom. The smallest absolute Gasteiger partial charge is 0.282 e. The van der Waals surface area contributed by atoms with E-state index in [1.165, 1.54) is 36.4 Å². The van der Waals surface area contributed by atoms with Gasteiger partial charge in [0.1, 0.15) is 18.8 Å². The Kier molecular flexibility index (Phi) is 6.47. The van der Waals surface area contributed by atoms with Crippen molar-refractivity contribution in [1.29, 1.82) is 0 Å². The number of aromatic nitrogens is 1. The Bertz CT molecular complexity index is 1270. The third-order valence-electron chi connectivity index (χ3n) is 4.82. The topological polar surface area (TPSA) is 143 Å². The fourth-order valence-electron chi connectivity index (χ4n) is 3.25. The van der Waals surface area contributed by atoms with Gasteiger partial charge in [-0.2, -0.15) is 4.98 Å². The fourth-order valence-corrected chi connectivity index (χ4v) is 4.54. The molecule has 0 aliphatic carbocycles. The molecule has 1 aliphatic heterocycles. The van der Waals surface area contributed by atoms with E-state index in [2.05, 4.69) is 10.3 Å². The van der Waals surface area contributed by atoms with Crippen molar-refractivity contribution in [2.24, 2.45) is 0 Å². The van der Waals surface area contributed by atoms with Crippen molar-refractivity contribution >= 4 is 21.4 Å². The molecule has 1 aromatic heterocycles. The number of para-hydroxylation sites is 1.